The summed E-state index contributed by atoms with van der Waals surface area (Å²) >= 11 is 5.72. The Morgan fingerprint density at radius 1 is 1.20 bits per heavy atom. The summed E-state index contributed by atoms with van der Waals surface area (Å²) in [6, 6.07) is 11.3. The summed E-state index contributed by atoms with van der Waals surface area (Å²) in [5, 5.41) is 5.97. The van der Waals surface area contributed by atoms with Gasteiger partial charge in [0.15, 0.2) is 0 Å². The second-order valence-electron chi connectivity index (χ2n) is 4.48. The van der Waals surface area contributed by atoms with Crippen molar-refractivity contribution in [3.63, 3.8) is 0 Å². The van der Waals surface area contributed by atoms with Gasteiger partial charge < -0.3 is 5.32 Å². The molecule has 2 rings (SSSR count). The van der Waals surface area contributed by atoms with Crippen molar-refractivity contribution in [2.45, 2.75) is 13.3 Å². The third-order valence-corrected chi connectivity index (χ3v) is 3.01. The quantitative estimate of drug-likeness (QED) is 0.906. The fraction of sp³-hybridized carbons (Fsp3) is 0.200. The van der Waals surface area contributed by atoms with Crippen molar-refractivity contribution in [1.82, 2.24) is 10.3 Å². The summed E-state index contributed by atoms with van der Waals surface area (Å²) in [6.45, 7) is 2.62. The molecule has 0 bridgehead atoms. The first kappa shape index (κ1) is 14.3. The van der Waals surface area contributed by atoms with Crippen LogP contribution in [0.25, 0.3) is 0 Å². The number of anilines is 1. The van der Waals surface area contributed by atoms with Gasteiger partial charge in [-0.05, 0) is 31.0 Å². The molecule has 20 heavy (non-hydrogen) atoms. The molecule has 4 nitrogen and oxygen atoms in total. The fourth-order valence-electron chi connectivity index (χ4n) is 1.69. The highest BCUT2D eigenvalue weighted by Crippen LogP contribution is 2.09. The number of nitrogens with zero attached hydrogens (tertiary/aromatic N) is 1. The van der Waals surface area contributed by atoms with Crippen LogP contribution in [0.15, 0.2) is 42.6 Å². The first-order valence-corrected chi connectivity index (χ1v) is 6.73. The SMILES string of the molecule is Cc1ccc(CCNC(=O)Nc2ccc(Cl)cn2)cc1. The van der Waals surface area contributed by atoms with Crippen LogP contribution in [0.5, 0.6) is 0 Å². The third-order valence-electron chi connectivity index (χ3n) is 2.79. The number of aryl methyl sites for hydroxylation is 1. The van der Waals surface area contributed by atoms with Crippen LogP contribution >= 0.6 is 11.6 Å². The molecule has 0 aliphatic rings. The van der Waals surface area contributed by atoms with Gasteiger partial charge in [-0.3, -0.25) is 5.32 Å². The van der Waals surface area contributed by atoms with E-state index in [0.29, 0.717) is 17.4 Å². The predicted molar refractivity (Wildman–Crippen MR) is 81.2 cm³/mol. The molecule has 1 aromatic carbocycles. The van der Waals surface area contributed by atoms with Gasteiger partial charge in [0.05, 0.1) is 5.02 Å². The number of urea groups is 1. The zero-order chi connectivity index (χ0) is 14.4. The molecule has 1 heterocycles. The lowest BCUT2D eigenvalue weighted by Crippen LogP contribution is -2.30. The van der Waals surface area contributed by atoms with E-state index in [1.165, 1.54) is 17.3 Å². The number of hydrogen-bond donors (Lipinski definition) is 2. The standard InChI is InChI=1S/C15H16ClN3O/c1-11-2-4-12(5-3-11)8-9-17-15(20)19-14-7-6-13(16)10-18-14/h2-7,10H,8-9H2,1H3,(H2,17,18,19,20). The summed E-state index contributed by atoms with van der Waals surface area (Å²) < 4.78 is 0. The number of halogens is 1. The van der Waals surface area contributed by atoms with Gasteiger partial charge in [0.1, 0.15) is 5.82 Å². The van der Waals surface area contributed by atoms with Crippen LogP contribution in [-0.4, -0.2) is 17.6 Å². The van der Waals surface area contributed by atoms with Gasteiger partial charge in [-0.1, -0.05) is 41.4 Å². The summed E-state index contributed by atoms with van der Waals surface area (Å²) in [6.07, 6.45) is 2.28. The average Bonchev–Trinajstić information content (AvgIpc) is 2.44. The monoisotopic (exact) mass is 289 g/mol. The molecule has 0 aliphatic carbocycles. The van der Waals surface area contributed by atoms with Crippen molar-refractivity contribution in [1.29, 1.82) is 0 Å². The molecule has 0 fully saturated rings. The summed E-state index contributed by atoms with van der Waals surface area (Å²) in [4.78, 5) is 15.6. The van der Waals surface area contributed by atoms with E-state index >= 15 is 0 Å². The Morgan fingerprint density at radius 3 is 2.60 bits per heavy atom. The number of aromatic nitrogens is 1. The molecule has 0 saturated carbocycles. The zero-order valence-corrected chi connectivity index (χ0v) is 11.9. The lowest BCUT2D eigenvalue weighted by Gasteiger charge is -2.07. The molecule has 0 spiro atoms. The largest absolute Gasteiger partial charge is 0.337 e. The maximum Gasteiger partial charge on any atom is 0.320 e. The number of carbonyl (C=O) groups excluding carboxylic acids is 1. The minimum Gasteiger partial charge on any atom is -0.337 e. The van der Waals surface area contributed by atoms with Gasteiger partial charge in [0, 0.05) is 12.7 Å². The molecule has 1 aromatic heterocycles. The van der Waals surface area contributed by atoms with Gasteiger partial charge >= 0.3 is 6.03 Å². The molecule has 2 aromatic rings. The predicted octanol–water partition coefficient (Wildman–Crippen LogP) is 3.41. The van der Waals surface area contributed by atoms with Crippen molar-refractivity contribution in [2.24, 2.45) is 0 Å². The van der Waals surface area contributed by atoms with Crippen molar-refractivity contribution >= 4 is 23.4 Å². The van der Waals surface area contributed by atoms with E-state index in [1.807, 2.05) is 0 Å². The zero-order valence-electron chi connectivity index (χ0n) is 11.2. The molecular formula is C15H16ClN3O. The molecule has 0 radical (unpaired) electrons. The van der Waals surface area contributed by atoms with Crippen LogP contribution in [0.1, 0.15) is 11.1 Å². The van der Waals surface area contributed by atoms with E-state index in [4.69, 9.17) is 11.6 Å². The Kier molecular flexibility index (Phi) is 4.96. The number of hydrogen-bond acceptors (Lipinski definition) is 2. The highest BCUT2D eigenvalue weighted by molar-refractivity contribution is 6.30. The Hall–Kier alpha value is -2.07. The maximum atomic E-state index is 11.6. The number of pyridine rings is 1. The van der Waals surface area contributed by atoms with E-state index in [0.717, 1.165) is 6.42 Å². The fourth-order valence-corrected chi connectivity index (χ4v) is 1.80. The Bertz CT molecular complexity index is 567. The molecule has 0 saturated heterocycles. The highest BCUT2D eigenvalue weighted by atomic mass is 35.5. The van der Waals surface area contributed by atoms with Crippen molar-refractivity contribution in [3.05, 3.63) is 58.7 Å². The van der Waals surface area contributed by atoms with Crippen molar-refractivity contribution in [3.8, 4) is 0 Å². The van der Waals surface area contributed by atoms with Crippen LogP contribution in [0.2, 0.25) is 5.02 Å². The molecule has 5 heteroatoms. The van der Waals surface area contributed by atoms with Gasteiger partial charge in [-0.15, -0.1) is 0 Å². The van der Waals surface area contributed by atoms with E-state index < -0.39 is 0 Å². The van der Waals surface area contributed by atoms with E-state index in [2.05, 4.69) is 46.8 Å². The van der Waals surface area contributed by atoms with Gasteiger partial charge in [-0.2, -0.15) is 0 Å². The molecule has 2 N–H and O–H groups in total. The number of benzene rings is 1. The minimum absolute atomic E-state index is 0.271. The average molecular weight is 290 g/mol. The van der Waals surface area contributed by atoms with Crippen LogP contribution in [0.3, 0.4) is 0 Å². The third kappa shape index (κ3) is 4.55. The summed E-state index contributed by atoms with van der Waals surface area (Å²) in [7, 11) is 0. The normalized spacial score (nSPS) is 10.1. The van der Waals surface area contributed by atoms with Gasteiger partial charge in [0.2, 0.25) is 0 Å². The van der Waals surface area contributed by atoms with Gasteiger partial charge in [-0.25, -0.2) is 9.78 Å². The molecular weight excluding hydrogens is 274 g/mol. The Labute approximate surface area is 123 Å². The molecule has 104 valence electrons. The van der Waals surface area contributed by atoms with Crippen LogP contribution in [0.4, 0.5) is 10.6 Å². The van der Waals surface area contributed by atoms with Gasteiger partial charge in [0.25, 0.3) is 0 Å². The van der Waals surface area contributed by atoms with E-state index in [9.17, 15) is 4.79 Å². The highest BCUT2D eigenvalue weighted by Gasteiger charge is 2.02. The van der Waals surface area contributed by atoms with Crippen molar-refractivity contribution < 1.29 is 4.79 Å². The number of nitrogens with one attached hydrogen (secondary N) is 2. The smallest absolute Gasteiger partial charge is 0.320 e. The first-order chi connectivity index (χ1) is 9.63. The summed E-state index contributed by atoms with van der Waals surface area (Å²) in [5.74, 6) is 0.474. The Balaban J connectivity index is 1.75. The Morgan fingerprint density at radius 2 is 1.95 bits per heavy atom. The van der Waals surface area contributed by atoms with Crippen molar-refractivity contribution in [2.75, 3.05) is 11.9 Å². The van der Waals surface area contributed by atoms with Crippen LogP contribution < -0.4 is 10.6 Å². The lowest BCUT2D eigenvalue weighted by atomic mass is 10.1. The number of amides is 2. The molecule has 0 aliphatic heterocycles. The second-order valence-corrected chi connectivity index (χ2v) is 4.91. The summed E-state index contributed by atoms with van der Waals surface area (Å²) in [5.41, 5.74) is 2.42. The lowest BCUT2D eigenvalue weighted by molar-refractivity contribution is 0.252. The molecule has 0 atom stereocenters. The number of carbonyl (C=O) groups is 1. The molecule has 0 unspecified atom stereocenters. The topological polar surface area (TPSA) is 54.0 Å². The van der Waals surface area contributed by atoms with E-state index in [-0.39, 0.29) is 6.03 Å². The molecule has 2 amide bonds. The van der Waals surface area contributed by atoms with Crippen LogP contribution in [0, 0.1) is 6.92 Å². The number of rotatable bonds is 4. The second kappa shape index (κ2) is 6.91. The maximum absolute atomic E-state index is 11.6. The first-order valence-electron chi connectivity index (χ1n) is 6.35. The minimum atomic E-state index is -0.271. The van der Waals surface area contributed by atoms with E-state index in [1.54, 1.807) is 12.1 Å². The van der Waals surface area contributed by atoms with Crippen LogP contribution in [-0.2, 0) is 6.42 Å².